The second kappa shape index (κ2) is 9.96. The van der Waals surface area contributed by atoms with Crippen LogP contribution >= 0.6 is 35.6 Å². The number of amides is 1. The van der Waals surface area contributed by atoms with E-state index >= 15 is 0 Å². The number of halogens is 3. The van der Waals surface area contributed by atoms with Gasteiger partial charge in [-0.3, -0.25) is 4.79 Å². The average Bonchev–Trinajstić information content (AvgIpc) is 2.84. The topological polar surface area (TPSA) is 49.3 Å². The number of carbonyl (C=O) groups excluding carboxylic acids is 1. The molecule has 1 aromatic heterocycles. The smallest absolute Gasteiger partial charge is 0.253 e. The van der Waals surface area contributed by atoms with Crippen molar-refractivity contribution in [2.45, 2.75) is 0 Å². The number of benzene rings is 3. The van der Waals surface area contributed by atoms with Gasteiger partial charge < -0.3 is 9.80 Å². The van der Waals surface area contributed by atoms with Gasteiger partial charge in [0.1, 0.15) is 0 Å². The van der Waals surface area contributed by atoms with Gasteiger partial charge in [0.15, 0.2) is 0 Å². The standard InChI is InChI=1S/C25H20Cl2N4O.ClH/c26-19-8-6-18(7-9-19)24(32)30-12-14-31(15-13-30)25-28-22-11-10-20(27)16-21(22)23(29-25)17-4-2-1-3-5-17;/h1-11,16H,12-15H2;1H. The van der Waals surface area contributed by atoms with Crippen LogP contribution in [0.5, 0.6) is 0 Å². The third-order valence-electron chi connectivity index (χ3n) is 5.63. The molecule has 0 saturated carbocycles. The summed E-state index contributed by atoms with van der Waals surface area (Å²) in [5, 5.41) is 2.19. The molecule has 0 N–H and O–H groups in total. The number of nitrogens with zero attached hydrogens (tertiary/aromatic N) is 4. The number of carbonyl (C=O) groups is 1. The molecular weight excluding hydrogens is 479 g/mol. The fourth-order valence-corrected chi connectivity index (χ4v) is 4.23. The highest BCUT2D eigenvalue weighted by atomic mass is 35.5. The number of rotatable bonds is 3. The number of fused-ring (bicyclic) bond motifs is 1. The zero-order valence-corrected chi connectivity index (χ0v) is 19.9. The van der Waals surface area contributed by atoms with Crippen LogP contribution in [0.25, 0.3) is 22.2 Å². The van der Waals surface area contributed by atoms with Crippen LogP contribution in [0.3, 0.4) is 0 Å². The van der Waals surface area contributed by atoms with Gasteiger partial charge in [-0.2, -0.15) is 0 Å². The second-order valence-corrected chi connectivity index (χ2v) is 8.56. The first kappa shape index (κ1) is 23.3. The minimum atomic E-state index is 0. The molecule has 5 nitrogen and oxygen atoms in total. The summed E-state index contributed by atoms with van der Waals surface area (Å²) >= 11 is 12.2. The van der Waals surface area contributed by atoms with E-state index in [1.165, 1.54) is 0 Å². The van der Waals surface area contributed by atoms with Crippen LogP contribution in [-0.4, -0.2) is 47.0 Å². The molecule has 33 heavy (non-hydrogen) atoms. The van der Waals surface area contributed by atoms with Crippen LogP contribution < -0.4 is 4.90 Å². The lowest BCUT2D eigenvalue weighted by Crippen LogP contribution is -2.49. The van der Waals surface area contributed by atoms with Gasteiger partial charge in [0.2, 0.25) is 5.95 Å². The third kappa shape index (κ3) is 4.91. The van der Waals surface area contributed by atoms with Crippen LogP contribution in [0.2, 0.25) is 10.0 Å². The van der Waals surface area contributed by atoms with Crippen molar-refractivity contribution < 1.29 is 4.79 Å². The lowest BCUT2D eigenvalue weighted by molar-refractivity contribution is 0.0746. The highest BCUT2D eigenvalue weighted by molar-refractivity contribution is 6.31. The van der Waals surface area contributed by atoms with E-state index in [0.717, 1.165) is 22.2 Å². The van der Waals surface area contributed by atoms with Gasteiger partial charge in [-0.1, -0.05) is 53.5 Å². The molecule has 5 rings (SSSR count). The molecule has 8 heteroatoms. The molecule has 4 aromatic rings. The molecule has 0 aliphatic carbocycles. The zero-order chi connectivity index (χ0) is 22.1. The van der Waals surface area contributed by atoms with Gasteiger partial charge in [-0.25, -0.2) is 9.97 Å². The maximum absolute atomic E-state index is 12.8. The molecule has 1 aliphatic rings. The van der Waals surface area contributed by atoms with E-state index in [0.29, 0.717) is 47.7 Å². The van der Waals surface area contributed by atoms with E-state index < -0.39 is 0 Å². The largest absolute Gasteiger partial charge is 0.337 e. The Labute approximate surface area is 208 Å². The summed E-state index contributed by atoms with van der Waals surface area (Å²) < 4.78 is 0. The zero-order valence-electron chi connectivity index (χ0n) is 17.6. The highest BCUT2D eigenvalue weighted by Gasteiger charge is 2.24. The van der Waals surface area contributed by atoms with Crippen molar-refractivity contribution in [2.75, 3.05) is 31.1 Å². The second-order valence-electron chi connectivity index (χ2n) is 7.69. The Morgan fingerprint density at radius 1 is 0.788 bits per heavy atom. The Morgan fingerprint density at radius 2 is 1.45 bits per heavy atom. The van der Waals surface area contributed by atoms with Gasteiger partial charge in [-0.05, 0) is 42.5 Å². The highest BCUT2D eigenvalue weighted by Crippen LogP contribution is 2.30. The van der Waals surface area contributed by atoms with Crippen LogP contribution in [0.4, 0.5) is 5.95 Å². The van der Waals surface area contributed by atoms with Gasteiger partial charge in [0.25, 0.3) is 5.91 Å². The van der Waals surface area contributed by atoms with Crippen molar-refractivity contribution in [3.05, 3.63) is 88.4 Å². The van der Waals surface area contributed by atoms with Crippen LogP contribution in [0.1, 0.15) is 10.4 Å². The summed E-state index contributed by atoms with van der Waals surface area (Å²) in [5.74, 6) is 0.678. The summed E-state index contributed by atoms with van der Waals surface area (Å²) in [6.45, 7) is 2.52. The van der Waals surface area contributed by atoms with Crippen LogP contribution in [0, 0.1) is 0 Å². The van der Waals surface area contributed by atoms with Gasteiger partial charge in [-0.15, -0.1) is 12.4 Å². The van der Waals surface area contributed by atoms with Crippen molar-refractivity contribution in [3.8, 4) is 11.3 Å². The number of piperazine rings is 1. The van der Waals surface area contributed by atoms with E-state index in [-0.39, 0.29) is 18.3 Å². The van der Waals surface area contributed by atoms with Gasteiger partial charge >= 0.3 is 0 Å². The molecule has 0 spiro atoms. The lowest BCUT2D eigenvalue weighted by atomic mass is 10.1. The van der Waals surface area contributed by atoms with Gasteiger partial charge in [0, 0.05) is 52.7 Å². The van der Waals surface area contributed by atoms with E-state index in [2.05, 4.69) is 4.90 Å². The molecule has 3 aromatic carbocycles. The van der Waals surface area contributed by atoms with E-state index in [9.17, 15) is 4.79 Å². The van der Waals surface area contributed by atoms with Gasteiger partial charge in [0.05, 0.1) is 11.2 Å². The maximum atomic E-state index is 12.8. The molecule has 1 fully saturated rings. The minimum Gasteiger partial charge on any atom is -0.337 e. The van der Waals surface area contributed by atoms with Crippen molar-refractivity contribution in [2.24, 2.45) is 0 Å². The Balaban J connectivity index is 0.00000259. The monoisotopic (exact) mass is 498 g/mol. The van der Waals surface area contributed by atoms with Crippen molar-refractivity contribution >= 4 is 58.4 Å². The molecule has 0 radical (unpaired) electrons. The molecular formula is C25H21Cl3N4O. The van der Waals surface area contributed by atoms with Crippen molar-refractivity contribution in [3.63, 3.8) is 0 Å². The number of aromatic nitrogens is 2. The maximum Gasteiger partial charge on any atom is 0.253 e. The van der Waals surface area contributed by atoms with E-state index in [1.54, 1.807) is 24.3 Å². The van der Waals surface area contributed by atoms with Crippen LogP contribution in [0.15, 0.2) is 72.8 Å². The average molecular weight is 500 g/mol. The normalized spacial score (nSPS) is 13.6. The summed E-state index contributed by atoms with van der Waals surface area (Å²) in [7, 11) is 0. The predicted molar refractivity (Wildman–Crippen MR) is 137 cm³/mol. The quantitative estimate of drug-likeness (QED) is 0.347. The third-order valence-corrected chi connectivity index (χ3v) is 6.12. The first-order valence-electron chi connectivity index (χ1n) is 10.4. The molecule has 1 amide bonds. The Morgan fingerprint density at radius 3 is 2.15 bits per heavy atom. The number of hydrogen-bond donors (Lipinski definition) is 0. The summed E-state index contributed by atoms with van der Waals surface area (Å²) in [4.78, 5) is 26.5. The first-order valence-corrected chi connectivity index (χ1v) is 11.2. The first-order chi connectivity index (χ1) is 15.6. The molecule has 1 aliphatic heterocycles. The molecule has 2 heterocycles. The SMILES string of the molecule is Cl.O=C(c1ccc(Cl)cc1)N1CCN(c2nc(-c3ccccc3)c3cc(Cl)ccc3n2)CC1. The fourth-order valence-electron chi connectivity index (χ4n) is 3.93. The predicted octanol–water partition coefficient (Wildman–Crippen LogP) is 5.99. The molecule has 1 saturated heterocycles. The number of hydrogen-bond acceptors (Lipinski definition) is 4. The summed E-state index contributed by atoms with van der Waals surface area (Å²) in [6, 6.07) is 22.7. The lowest BCUT2D eigenvalue weighted by Gasteiger charge is -2.35. The Kier molecular flexibility index (Phi) is 7.03. The van der Waals surface area contributed by atoms with Crippen molar-refractivity contribution in [1.82, 2.24) is 14.9 Å². The van der Waals surface area contributed by atoms with E-state index in [4.69, 9.17) is 33.2 Å². The summed E-state index contributed by atoms with van der Waals surface area (Å²) in [6.07, 6.45) is 0. The number of anilines is 1. The minimum absolute atomic E-state index is 0. The molecule has 168 valence electrons. The molecule has 0 unspecified atom stereocenters. The Hall–Kier alpha value is -2.86. The molecule has 0 atom stereocenters. The fraction of sp³-hybridized carbons (Fsp3) is 0.160. The summed E-state index contributed by atoms with van der Waals surface area (Å²) in [5.41, 5.74) is 3.36. The van der Waals surface area contributed by atoms with Crippen LogP contribution in [-0.2, 0) is 0 Å². The van der Waals surface area contributed by atoms with E-state index in [1.807, 2.05) is 53.4 Å². The Bertz CT molecular complexity index is 1270. The molecule has 0 bridgehead atoms. The van der Waals surface area contributed by atoms with Crippen molar-refractivity contribution in [1.29, 1.82) is 0 Å².